The van der Waals surface area contributed by atoms with Gasteiger partial charge in [-0.3, -0.25) is 0 Å². The third-order valence-corrected chi connectivity index (χ3v) is 3.25. The fraction of sp³-hybridized carbons (Fsp3) is 0.235. The molecule has 122 valence electrons. The Kier molecular flexibility index (Phi) is 6.72. The van der Waals surface area contributed by atoms with Gasteiger partial charge in [-0.15, -0.1) is 0 Å². The predicted molar refractivity (Wildman–Crippen MR) is 91.1 cm³/mol. The van der Waals surface area contributed by atoms with Crippen LogP contribution in [0.5, 0.6) is 5.75 Å². The van der Waals surface area contributed by atoms with Crippen molar-refractivity contribution >= 4 is 23.3 Å². The molecule has 2 aromatic rings. The molecule has 0 bridgehead atoms. The highest BCUT2D eigenvalue weighted by molar-refractivity contribution is 6.30. The zero-order chi connectivity index (χ0) is 16.5. The molecule has 0 aliphatic carbocycles. The molecule has 0 aromatic heterocycles. The Hall–Kier alpha value is -2.24. The summed E-state index contributed by atoms with van der Waals surface area (Å²) < 4.78 is 10.4. The van der Waals surface area contributed by atoms with E-state index in [4.69, 9.17) is 21.1 Å². The maximum atomic E-state index is 11.8. The first-order chi connectivity index (χ1) is 11.2. The smallest absolute Gasteiger partial charge is 0.319 e. The third-order valence-electron chi connectivity index (χ3n) is 3.02. The van der Waals surface area contributed by atoms with Crippen molar-refractivity contribution < 1.29 is 14.3 Å². The van der Waals surface area contributed by atoms with Crippen molar-refractivity contribution in [2.24, 2.45) is 0 Å². The molecule has 0 aliphatic heterocycles. The Balaban J connectivity index is 1.77. The SMILES string of the molecule is COCCOc1ccc(CNC(=O)Nc2cccc(Cl)c2)cc1. The molecule has 23 heavy (non-hydrogen) atoms. The first kappa shape index (κ1) is 17.1. The van der Waals surface area contributed by atoms with Crippen molar-refractivity contribution in [1.82, 2.24) is 5.32 Å². The van der Waals surface area contributed by atoms with E-state index in [0.29, 0.717) is 30.5 Å². The fourth-order valence-corrected chi connectivity index (χ4v) is 2.06. The van der Waals surface area contributed by atoms with E-state index in [2.05, 4.69) is 10.6 Å². The molecule has 2 amide bonds. The van der Waals surface area contributed by atoms with Crippen molar-refractivity contribution in [3.8, 4) is 5.75 Å². The summed E-state index contributed by atoms with van der Waals surface area (Å²) in [5, 5.41) is 6.09. The van der Waals surface area contributed by atoms with E-state index < -0.39 is 0 Å². The molecule has 2 rings (SSSR count). The Morgan fingerprint density at radius 2 is 1.91 bits per heavy atom. The minimum atomic E-state index is -0.285. The summed E-state index contributed by atoms with van der Waals surface area (Å²) in [6.45, 7) is 1.48. The van der Waals surface area contributed by atoms with Crippen molar-refractivity contribution in [3.05, 3.63) is 59.1 Å². The minimum Gasteiger partial charge on any atom is -0.491 e. The molecule has 2 N–H and O–H groups in total. The number of anilines is 1. The molecule has 6 heteroatoms. The summed E-state index contributed by atoms with van der Waals surface area (Å²) in [4.78, 5) is 11.8. The Morgan fingerprint density at radius 3 is 2.61 bits per heavy atom. The average Bonchev–Trinajstić information content (AvgIpc) is 2.54. The minimum absolute atomic E-state index is 0.285. The number of nitrogens with one attached hydrogen (secondary N) is 2. The van der Waals surface area contributed by atoms with E-state index in [0.717, 1.165) is 11.3 Å². The number of benzene rings is 2. The van der Waals surface area contributed by atoms with Crippen molar-refractivity contribution in [3.63, 3.8) is 0 Å². The number of carbonyl (C=O) groups is 1. The molecule has 0 unspecified atom stereocenters. The van der Waals surface area contributed by atoms with Crippen LogP contribution in [-0.2, 0) is 11.3 Å². The zero-order valence-corrected chi connectivity index (χ0v) is 13.6. The maximum Gasteiger partial charge on any atom is 0.319 e. The van der Waals surface area contributed by atoms with Gasteiger partial charge in [0.25, 0.3) is 0 Å². The summed E-state index contributed by atoms with van der Waals surface area (Å²) in [5.41, 5.74) is 1.63. The monoisotopic (exact) mass is 334 g/mol. The van der Waals surface area contributed by atoms with Crippen LogP contribution in [0.2, 0.25) is 5.02 Å². The van der Waals surface area contributed by atoms with E-state index in [1.165, 1.54) is 0 Å². The predicted octanol–water partition coefficient (Wildman–Crippen LogP) is 3.69. The normalized spacial score (nSPS) is 10.2. The second-order valence-electron chi connectivity index (χ2n) is 4.80. The number of halogens is 1. The first-order valence-corrected chi connectivity index (χ1v) is 7.56. The van der Waals surface area contributed by atoms with Crippen LogP contribution in [0.1, 0.15) is 5.56 Å². The van der Waals surface area contributed by atoms with Crippen LogP contribution in [0, 0.1) is 0 Å². The van der Waals surface area contributed by atoms with Crippen LogP contribution in [0.3, 0.4) is 0 Å². The standard InChI is InChI=1S/C17H19ClN2O3/c1-22-9-10-23-16-7-5-13(6-8-16)12-19-17(21)20-15-4-2-3-14(18)11-15/h2-8,11H,9-10,12H2,1H3,(H2,19,20,21). The van der Waals surface area contributed by atoms with Gasteiger partial charge in [-0.25, -0.2) is 4.79 Å². The molecule has 0 saturated carbocycles. The van der Waals surface area contributed by atoms with Gasteiger partial charge in [-0.2, -0.15) is 0 Å². The highest BCUT2D eigenvalue weighted by Crippen LogP contribution is 2.15. The highest BCUT2D eigenvalue weighted by atomic mass is 35.5. The number of methoxy groups -OCH3 is 1. The number of hydrogen-bond donors (Lipinski definition) is 2. The van der Waals surface area contributed by atoms with Crippen LogP contribution in [0.25, 0.3) is 0 Å². The van der Waals surface area contributed by atoms with Gasteiger partial charge >= 0.3 is 6.03 Å². The summed E-state index contributed by atoms with van der Waals surface area (Å²) in [7, 11) is 1.63. The van der Waals surface area contributed by atoms with Crippen LogP contribution < -0.4 is 15.4 Å². The summed E-state index contributed by atoms with van der Waals surface area (Å²) in [6.07, 6.45) is 0. The zero-order valence-electron chi connectivity index (χ0n) is 12.8. The second-order valence-corrected chi connectivity index (χ2v) is 5.24. The van der Waals surface area contributed by atoms with Gasteiger partial charge in [0.1, 0.15) is 12.4 Å². The molecule has 5 nitrogen and oxygen atoms in total. The molecule has 0 atom stereocenters. The largest absolute Gasteiger partial charge is 0.491 e. The molecule has 0 spiro atoms. The first-order valence-electron chi connectivity index (χ1n) is 7.18. The van der Waals surface area contributed by atoms with E-state index >= 15 is 0 Å². The summed E-state index contributed by atoms with van der Waals surface area (Å²) >= 11 is 5.87. The Bertz CT molecular complexity index is 632. The average molecular weight is 335 g/mol. The van der Waals surface area contributed by atoms with Crippen molar-refractivity contribution in [2.45, 2.75) is 6.54 Å². The molecule has 2 aromatic carbocycles. The van der Waals surface area contributed by atoms with Gasteiger partial charge in [0, 0.05) is 24.4 Å². The molecule has 0 saturated heterocycles. The van der Waals surface area contributed by atoms with Gasteiger partial charge in [-0.05, 0) is 35.9 Å². The quantitative estimate of drug-likeness (QED) is 0.759. The summed E-state index contributed by atoms with van der Waals surface area (Å²) in [5.74, 6) is 0.772. The van der Waals surface area contributed by atoms with Gasteiger partial charge in [-0.1, -0.05) is 29.8 Å². The van der Waals surface area contributed by atoms with Gasteiger partial charge < -0.3 is 20.1 Å². The number of urea groups is 1. The van der Waals surface area contributed by atoms with Gasteiger partial charge in [0.15, 0.2) is 0 Å². The lowest BCUT2D eigenvalue weighted by Gasteiger charge is -2.09. The van der Waals surface area contributed by atoms with E-state index in [9.17, 15) is 4.79 Å². The second kappa shape index (κ2) is 9.02. The number of amides is 2. The lowest BCUT2D eigenvalue weighted by molar-refractivity contribution is 0.146. The topological polar surface area (TPSA) is 59.6 Å². The van der Waals surface area contributed by atoms with Crippen LogP contribution in [0.4, 0.5) is 10.5 Å². The van der Waals surface area contributed by atoms with Crippen molar-refractivity contribution in [1.29, 1.82) is 0 Å². The van der Waals surface area contributed by atoms with Gasteiger partial charge in [0.05, 0.1) is 6.61 Å². The Morgan fingerprint density at radius 1 is 1.13 bits per heavy atom. The third kappa shape index (κ3) is 6.18. The highest BCUT2D eigenvalue weighted by Gasteiger charge is 2.02. The Labute approximate surface area is 140 Å². The van der Waals surface area contributed by atoms with E-state index in [-0.39, 0.29) is 6.03 Å². The summed E-state index contributed by atoms with van der Waals surface area (Å²) in [6, 6.07) is 14.2. The lowest BCUT2D eigenvalue weighted by Crippen LogP contribution is -2.28. The molecular weight excluding hydrogens is 316 g/mol. The van der Waals surface area contributed by atoms with Crippen LogP contribution in [0.15, 0.2) is 48.5 Å². The molecule has 0 fully saturated rings. The fourth-order valence-electron chi connectivity index (χ4n) is 1.87. The van der Waals surface area contributed by atoms with E-state index in [1.807, 2.05) is 24.3 Å². The van der Waals surface area contributed by atoms with Crippen LogP contribution in [-0.4, -0.2) is 26.4 Å². The van der Waals surface area contributed by atoms with Gasteiger partial charge in [0.2, 0.25) is 0 Å². The molecule has 0 heterocycles. The number of ether oxygens (including phenoxy) is 2. The number of carbonyl (C=O) groups excluding carboxylic acids is 1. The number of rotatable bonds is 7. The maximum absolute atomic E-state index is 11.8. The molecular formula is C17H19ClN2O3. The molecule has 0 aliphatic rings. The lowest BCUT2D eigenvalue weighted by atomic mass is 10.2. The number of hydrogen-bond acceptors (Lipinski definition) is 3. The van der Waals surface area contributed by atoms with Crippen molar-refractivity contribution in [2.75, 3.05) is 25.6 Å². The van der Waals surface area contributed by atoms with E-state index in [1.54, 1.807) is 31.4 Å². The van der Waals surface area contributed by atoms with Crippen LogP contribution >= 0.6 is 11.6 Å². The molecule has 0 radical (unpaired) electrons.